The van der Waals surface area contributed by atoms with E-state index in [1.165, 1.54) is 0 Å². The van der Waals surface area contributed by atoms with Gasteiger partial charge in [0.15, 0.2) is 0 Å². The van der Waals surface area contributed by atoms with E-state index in [9.17, 15) is 4.79 Å². The molecule has 0 atom stereocenters. The Morgan fingerprint density at radius 3 is 2.55 bits per heavy atom. The number of carbonyl (C=O) groups excluding carboxylic acids is 1. The molecule has 2 aromatic carbocycles. The van der Waals surface area contributed by atoms with Gasteiger partial charge in [0.2, 0.25) is 0 Å². The highest BCUT2D eigenvalue weighted by Gasteiger charge is 2.06. The molecule has 0 bridgehead atoms. The van der Waals surface area contributed by atoms with Gasteiger partial charge in [0.1, 0.15) is 0 Å². The fourth-order valence-electron chi connectivity index (χ4n) is 1.83. The van der Waals surface area contributed by atoms with Gasteiger partial charge in [-0.2, -0.15) is 5.10 Å². The van der Waals surface area contributed by atoms with E-state index in [1.54, 1.807) is 12.1 Å². The number of rotatable bonds is 3. The zero-order valence-corrected chi connectivity index (χ0v) is 12.1. The summed E-state index contributed by atoms with van der Waals surface area (Å²) in [6.07, 6.45) is 0. The first kappa shape index (κ1) is 14.3. The number of benzene rings is 2. The number of halogens is 1. The van der Waals surface area contributed by atoms with Gasteiger partial charge in [-0.15, -0.1) is 0 Å². The molecule has 2 aromatic rings. The van der Waals surface area contributed by atoms with Crippen LogP contribution in [0.25, 0.3) is 0 Å². The van der Waals surface area contributed by atoms with Crippen molar-refractivity contribution in [2.75, 3.05) is 0 Å². The van der Waals surface area contributed by atoms with Gasteiger partial charge in [0.05, 0.1) is 5.71 Å². The van der Waals surface area contributed by atoms with E-state index in [-0.39, 0.29) is 5.91 Å². The molecule has 0 saturated heterocycles. The predicted octanol–water partition coefficient (Wildman–Crippen LogP) is 3.80. The third kappa shape index (κ3) is 3.45. The van der Waals surface area contributed by atoms with Crippen LogP contribution in [-0.2, 0) is 0 Å². The number of amides is 1. The van der Waals surface area contributed by atoms with E-state index in [4.69, 9.17) is 11.6 Å². The lowest BCUT2D eigenvalue weighted by atomic mass is 10.1. The first-order valence-corrected chi connectivity index (χ1v) is 6.62. The molecule has 1 amide bonds. The molecule has 102 valence electrons. The van der Waals surface area contributed by atoms with Gasteiger partial charge in [-0.05, 0) is 43.7 Å². The second-order valence-corrected chi connectivity index (χ2v) is 4.90. The zero-order valence-electron chi connectivity index (χ0n) is 11.4. The topological polar surface area (TPSA) is 41.5 Å². The van der Waals surface area contributed by atoms with Crippen LogP contribution in [0.5, 0.6) is 0 Å². The van der Waals surface area contributed by atoms with Gasteiger partial charge >= 0.3 is 0 Å². The number of aryl methyl sites for hydroxylation is 1. The summed E-state index contributed by atoms with van der Waals surface area (Å²) >= 11 is 5.98. The normalized spacial score (nSPS) is 11.2. The monoisotopic (exact) mass is 286 g/mol. The highest BCUT2D eigenvalue weighted by molar-refractivity contribution is 6.31. The van der Waals surface area contributed by atoms with Gasteiger partial charge in [-0.1, -0.05) is 35.9 Å². The van der Waals surface area contributed by atoms with Crippen molar-refractivity contribution in [1.29, 1.82) is 0 Å². The molecule has 0 aliphatic carbocycles. The molecule has 20 heavy (non-hydrogen) atoms. The summed E-state index contributed by atoms with van der Waals surface area (Å²) in [4.78, 5) is 11.9. The van der Waals surface area contributed by atoms with Crippen LogP contribution in [0, 0.1) is 6.92 Å². The van der Waals surface area contributed by atoms with E-state index < -0.39 is 0 Å². The second kappa shape index (κ2) is 6.35. The minimum Gasteiger partial charge on any atom is -0.267 e. The molecule has 0 aliphatic rings. The fourth-order valence-corrected chi connectivity index (χ4v) is 2.01. The summed E-state index contributed by atoms with van der Waals surface area (Å²) in [5.41, 5.74) is 5.82. The lowest BCUT2D eigenvalue weighted by Crippen LogP contribution is -2.19. The molecule has 0 heterocycles. The Labute approximate surface area is 123 Å². The largest absolute Gasteiger partial charge is 0.271 e. The molecule has 0 unspecified atom stereocenters. The average molecular weight is 287 g/mol. The average Bonchev–Trinajstić information content (AvgIpc) is 2.47. The molecular formula is C16H15ClN2O. The summed E-state index contributed by atoms with van der Waals surface area (Å²) in [5, 5.41) is 4.78. The highest BCUT2D eigenvalue weighted by Crippen LogP contribution is 2.16. The maximum Gasteiger partial charge on any atom is 0.271 e. The highest BCUT2D eigenvalue weighted by atomic mass is 35.5. The van der Waals surface area contributed by atoms with Crippen LogP contribution in [-0.4, -0.2) is 11.6 Å². The minimum absolute atomic E-state index is 0.232. The lowest BCUT2D eigenvalue weighted by Gasteiger charge is -2.06. The fraction of sp³-hybridized carbons (Fsp3) is 0.125. The molecule has 0 aliphatic heterocycles. The van der Waals surface area contributed by atoms with Gasteiger partial charge in [0.25, 0.3) is 5.91 Å². The van der Waals surface area contributed by atoms with Crippen molar-refractivity contribution < 1.29 is 4.79 Å². The van der Waals surface area contributed by atoms with Gasteiger partial charge in [-0.3, -0.25) is 4.79 Å². The van der Waals surface area contributed by atoms with Crippen molar-refractivity contribution in [1.82, 2.24) is 5.43 Å². The Balaban J connectivity index is 2.15. The Kier molecular flexibility index (Phi) is 4.53. The number of carbonyl (C=O) groups is 1. The number of hydrogen-bond donors (Lipinski definition) is 1. The van der Waals surface area contributed by atoms with Crippen LogP contribution in [0.15, 0.2) is 53.6 Å². The van der Waals surface area contributed by atoms with Crippen molar-refractivity contribution in [2.45, 2.75) is 13.8 Å². The number of nitrogens with one attached hydrogen (secondary N) is 1. The van der Waals surface area contributed by atoms with Crippen molar-refractivity contribution in [2.24, 2.45) is 5.10 Å². The summed E-state index contributed by atoms with van der Waals surface area (Å²) in [6.45, 7) is 3.81. The first-order chi connectivity index (χ1) is 9.58. The quantitative estimate of drug-likeness (QED) is 0.677. The van der Waals surface area contributed by atoms with Crippen LogP contribution >= 0.6 is 11.6 Å². The number of hydrazone groups is 1. The van der Waals surface area contributed by atoms with E-state index in [0.717, 1.165) is 11.1 Å². The van der Waals surface area contributed by atoms with Crippen LogP contribution in [0.3, 0.4) is 0 Å². The smallest absolute Gasteiger partial charge is 0.267 e. The Hall–Kier alpha value is -2.13. The van der Waals surface area contributed by atoms with Gasteiger partial charge in [0, 0.05) is 16.1 Å². The molecule has 0 spiro atoms. The molecule has 0 saturated carbocycles. The first-order valence-electron chi connectivity index (χ1n) is 6.24. The predicted molar refractivity (Wildman–Crippen MR) is 82.3 cm³/mol. The molecule has 0 radical (unpaired) electrons. The van der Waals surface area contributed by atoms with Crippen molar-refractivity contribution in [3.63, 3.8) is 0 Å². The second-order valence-electron chi connectivity index (χ2n) is 4.46. The minimum atomic E-state index is -0.232. The van der Waals surface area contributed by atoms with E-state index in [0.29, 0.717) is 16.3 Å². The van der Waals surface area contributed by atoms with Crippen LogP contribution in [0.1, 0.15) is 28.4 Å². The third-order valence-corrected chi connectivity index (χ3v) is 3.19. The zero-order chi connectivity index (χ0) is 14.5. The maximum absolute atomic E-state index is 11.9. The Morgan fingerprint density at radius 1 is 1.15 bits per heavy atom. The van der Waals surface area contributed by atoms with E-state index >= 15 is 0 Å². The molecule has 1 N–H and O–H groups in total. The molecular weight excluding hydrogens is 272 g/mol. The number of nitrogens with zero attached hydrogens (tertiary/aromatic N) is 1. The summed E-state index contributed by atoms with van der Waals surface area (Å²) < 4.78 is 0. The standard InChI is InChI=1S/C16H15ClN2O/c1-11-8-9-14(17)10-15(11)12(2)18-19-16(20)13-6-4-3-5-7-13/h3-10H,1-2H3,(H,19,20)/b18-12+. The van der Waals surface area contributed by atoms with Crippen molar-refractivity contribution >= 4 is 23.2 Å². The molecule has 4 heteroatoms. The van der Waals surface area contributed by atoms with Crippen LogP contribution in [0.2, 0.25) is 5.02 Å². The number of hydrogen-bond acceptors (Lipinski definition) is 2. The molecule has 2 rings (SSSR count). The molecule has 0 aromatic heterocycles. The van der Waals surface area contributed by atoms with E-state index in [2.05, 4.69) is 10.5 Å². The SMILES string of the molecule is C/C(=N\NC(=O)c1ccccc1)c1cc(Cl)ccc1C. The molecule has 0 fully saturated rings. The van der Waals surface area contributed by atoms with Crippen molar-refractivity contribution in [3.8, 4) is 0 Å². The van der Waals surface area contributed by atoms with Crippen LogP contribution < -0.4 is 5.43 Å². The van der Waals surface area contributed by atoms with Gasteiger partial charge < -0.3 is 0 Å². The Bertz CT molecular complexity index is 651. The van der Waals surface area contributed by atoms with Crippen LogP contribution in [0.4, 0.5) is 0 Å². The Morgan fingerprint density at radius 2 is 1.85 bits per heavy atom. The summed E-state index contributed by atoms with van der Waals surface area (Å²) in [5.74, 6) is -0.232. The maximum atomic E-state index is 11.9. The molecule has 3 nitrogen and oxygen atoms in total. The summed E-state index contributed by atoms with van der Waals surface area (Å²) in [6, 6.07) is 14.6. The summed E-state index contributed by atoms with van der Waals surface area (Å²) in [7, 11) is 0. The third-order valence-electron chi connectivity index (χ3n) is 2.95. The van der Waals surface area contributed by atoms with Gasteiger partial charge in [-0.25, -0.2) is 5.43 Å². The van der Waals surface area contributed by atoms with E-state index in [1.807, 2.05) is 50.2 Å². The lowest BCUT2D eigenvalue weighted by molar-refractivity contribution is 0.0955. The van der Waals surface area contributed by atoms with Crippen molar-refractivity contribution in [3.05, 3.63) is 70.2 Å².